The fourth-order valence-corrected chi connectivity index (χ4v) is 3.93. The topological polar surface area (TPSA) is 41.1 Å². The average molecular weight is 329 g/mol. The number of halogens is 2. The first-order valence-electron chi connectivity index (χ1n) is 7.40. The maximum absolute atomic E-state index is 12.8. The third-order valence-corrected chi connectivity index (χ3v) is 5.16. The molecule has 1 amide bonds. The van der Waals surface area contributed by atoms with Crippen molar-refractivity contribution in [3.63, 3.8) is 0 Å². The average Bonchev–Trinajstić information content (AvgIpc) is 2.87. The van der Waals surface area contributed by atoms with Crippen molar-refractivity contribution in [2.75, 3.05) is 18.4 Å². The molecule has 1 aromatic rings. The van der Waals surface area contributed by atoms with Gasteiger partial charge in [0.05, 0.1) is 5.41 Å². The van der Waals surface area contributed by atoms with Crippen LogP contribution in [0.25, 0.3) is 0 Å². The maximum Gasteiger partial charge on any atom is 0.232 e. The van der Waals surface area contributed by atoms with Crippen molar-refractivity contribution in [1.82, 2.24) is 5.32 Å². The van der Waals surface area contributed by atoms with Crippen molar-refractivity contribution in [3.8, 4) is 0 Å². The normalized spacial score (nSPS) is 27.6. The van der Waals surface area contributed by atoms with Crippen LogP contribution in [0.4, 0.5) is 5.69 Å². The zero-order valence-electron chi connectivity index (χ0n) is 12.2. The number of anilines is 1. The molecular weight excluding hydrogens is 307 g/mol. The van der Waals surface area contributed by atoms with Gasteiger partial charge in [-0.15, -0.1) is 12.4 Å². The van der Waals surface area contributed by atoms with Crippen LogP contribution in [-0.4, -0.2) is 19.0 Å². The zero-order chi connectivity index (χ0) is 14.2. The predicted octanol–water partition coefficient (Wildman–Crippen LogP) is 3.79. The summed E-state index contributed by atoms with van der Waals surface area (Å²) in [6.45, 7) is 3.77. The van der Waals surface area contributed by atoms with E-state index >= 15 is 0 Å². The number of rotatable bonds is 2. The number of fused-ring (bicyclic) bond motifs is 1. The van der Waals surface area contributed by atoms with E-state index in [1.54, 1.807) is 0 Å². The summed E-state index contributed by atoms with van der Waals surface area (Å²) in [5, 5.41) is 7.25. The Hall–Kier alpha value is -0.770. The van der Waals surface area contributed by atoms with Gasteiger partial charge < -0.3 is 10.6 Å². The highest BCUT2D eigenvalue weighted by Gasteiger charge is 2.49. The molecule has 0 radical (unpaired) electrons. The number of hydrogen-bond donors (Lipinski definition) is 2. The van der Waals surface area contributed by atoms with Crippen molar-refractivity contribution >= 4 is 35.6 Å². The maximum atomic E-state index is 12.8. The molecule has 116 valence electrons. The van der Waals surface area contributed by atoms with Gasteiger partial charge >= 0.3 is 0 Å². The molecule has 2 atom stereocenters. The highest BCUT2D eigenvalue weighted by atomic mass is 35.5. The Morgan fingerprint density at radius 2 is 2.24 bits per heavy atom. The minimum absolute atomic E-state index is 0. The first-order chi connectivity index (χ1) is 9.62. The van der Waals surface area contributed by atoms with Crippen LogP contribution in [0.2, 0.25) is 5.02 Å². The van der Waals surface area contributed by atoms with Gasteiger partial charge in [0, 0.05) is 17.3 Å². The molecule has 1 saturated heterocycles. The summed E-state index contributed by atoms with van der Waals surface area (Å²) in [5.41, 5.74) is 1.69. The van der Waals surface area contributed by atoms with E-state index in [0.29, 0.717) is 10.9 Å². The van der Waals surface area contributed by atoms with Gasteiger partial charge in [0.15, 0.2) is 0 Å². The van der Waals surface area contributed by atoms with Gasteiger partial charge in [-0.3, -0.25) is 4.79 Å². The smallest absolute Gasteiger partial charge is 0.232 e. The Labute approximate surface area is 137 Å². The Bertz CT molecular complexity index is 535. The number of carbonyl (C=O) groups is 1. The highest BCUT2D eigenvalue weighted by Crippen LogP contribution is 2.44. The molecule has 0 spiro atoms. The van der Waals surface area contributed by atoms with Crippen LogP contribution in [0.15, 0.2) is 18.2 Å². The van der Waals surface area contributed by atoms with Gasteiger partial charge in [0.2, 0.25) is 5.91 Å². The summed E-state index contributed by atoms with van der Waals surface area (Å²) in [4.78, 5) is 12.8. The Morgan fingerprint density at radius 3 is 3.00 bits per heavy atom. The molecule has 0 bridgehead atoms. The highest BCUT2D eigenvalue weighted by molar-refractivity contribution is 6.30. The minimum Gasteiger partial charge on any atom is -0.325 e. The summed E-state index contributed by atoms with van der Waals surface area (Å²) in [7, 11) is 0. The van der Waals surface area contributed by atoms with E-state index in [1.165, 1.54) is 12.8 Å². The summed E-state index contributed by atoms with van der Waals surface area (Å²) >= 11 is 5.97. The van der Waals surface area contributed by atoms with Crippen molar-refractivity contribution in [1.29, 1.82) is 0 Å². The molecule has 1 aliphatic carbocycles. The molecule has 21 heavy (non-hydrogen) atoms. The van der Waals surface area contributed by atoms with E-state index in [0.717, 1.165) is 37.2 Å². The van der Waals surface area contributed by atoms with Gasteiger partial charge in [0.1, 0.15) is 0 Å². The molecule has 1 aromatic carbocycles. The monoisotopic (exact) mass is 328 g/mol. The SMILES string of the molecule is Cc1cc(Cl)ccc1NC(=O)[C@@]12CCCC[C@H]1CNC2.Cl. The lowest BCUT2D eigenvalue weighted by Gasteiger charge is -2.37. The van der Waals surface area contributed by atoms with Crippen LogP contribution in [0.5, 0.6) is 0 Å². The van der Waals surface area contributed by atoms with Gasteiger partial charge in [-0.05, 0) is 56.0 Å². The van der Waals surface area contributed by atoms with E-state index in [9.17, 15) is 4.79 Å². The number of carbonyl (C=O) groups excluding carboxylic acids is 1. The standard InChI is InChI=1S/C16H21ClN2O.ClH/c1-11-8-13(17)5-6-14(11)19-15(20)16-7-3-2-4-12(16)9-18-10-16;/h5-6,8,12,18H,2-4,7,9-10H2,1H3,(H,19,20);1H/t12-,16+;/m0./s1. The third kappa shape index (κ3) is 3.05. The van der Waals surface area contributed by atoms with Gasteiger partial charge in [-0.25, -0.2) is 0 Å². The lowest BCUT2D eigenvalue weighted by atomic mass is 9.67. The second-order valence-corrected chi connectivity index (χ2v) is 6.58. The number of benzene rings is 1. The van der Waals surface area contributed by atoms with E-state index in [-0.39, 0.29) is 23.7 Å². The van der Waals surface area contributed by atoms with Gasteiger partial charge in [0.25, 0.3) is 0 Å². The summed E-state index contributed by atoms with van der Waals surface area (Å²) in [6, 6.07) is 5.61. The fraction of sp³-hybridized carbons (Fsp3) is 0.562. The van der Waals surface area contributed by atoms with Crippen molar-refractivity contribution < 1.29 is 4.79 Å². The molecule has 3 rings (SSSR count). The largest absolute Gasteiger partial charge is 0.325 e. The van der Waals surface area contributed by atoms with Crippen LogP contribution in [-0.2, 0) is 4.79 Å². The molecule has 3 nitrogen and oxygen atoms in total. The zero-order valence-corrected chi connectivity index (χ0v) is 13.8. The van der Waals surface area contributed by atoms with Crippen LogP contribution in [0.1, 0.15) is 31.2 Å². The van der Waals surface area contributed by atoms with Crippen molar-refractivity contribution in [3.05, 3.63) is 28.8 Å². The number of amides is 1. The molecule has 1 aliphatic heterocycles. The second-order valence-electron chi connectivity index (χ2n) is 6.14. The quantitative estimate of drug-likeness (QED) is 0.867. The second kappa shape index (κ2) is 6.55. The molecule has 0 aromatic heterocycles. The van der Waals surface area contributed by atoms with Crippen LogP contribution >= 0.6 is 24.0 Å². The molecule has 5 heteroatoms. The first-order valence-corrected chi connectivity index (χ1v) is 7.78. The molecule has 2 N–H and O–H groups in total. The first kappa shape index (κ1) is 16.6. The van der Waals surface area contributed by atoms with Crippen LogP contribution in [0.3, 0.4) is 0 Å². The van der Waals surface area contributed by atoms with E-state index in [1.807, 2.05) is 25.1 Å². The van der Waals surface area contributed by atoms with E-state index in [4.69, 9.17) is 11.6 Å². The molecular formula is C16H22Cl2N2O. The molecule has 2 aliphatic rings. The molecule has 2 fully saturated rings. The number of aryl methyl sites for hydroxylation is 1. The van der Waals surface area contributed by atoms with E-state index < -0.39 is 0 Å². The van der Waals surface area contributed by atoms with Crippen molar-refractivity contribution in [2.24, 2.45) is 11.3 Å². The Kier molecular flexibility index (Phi) is 5.18. The predicted molar refractivity (Wildman–Crippen MR) is 89.3 cm³/mol. The minimum atomic E-state index is -0.204. The van der Waals surface area contributed by atoms with Gasteiger partial charge in [-0.1, -0.05) is 24.4 Å². The summed E-state index contributed by atoms with van der Waals surface area (Å²) in [6.07, 6.45) is 4.58. The van der Waals surface area contributed by atoms with Crippen LogP contribution in [0, 0.1) is 18.3 Å². The molecule has 0 unspecified atom stereocenters. The third-order valence-electron chi connectivity index (χ3n) is 4.93. The number of nitrogens with one attached hydrogen (secondary N) is 2. The molecule has 1 heterocycles. The Balaban J connectivity index is 0.00000161. The summed E-state index contributed by atoms with van der Waals surface area (Å²) < 4.78 is 0. The van der Waals surface area contributed by atoms with Crippen LogP contribution < -0.4 is 10.6 Å². The lowest BCUT2D eigenvalue weighted by Crippen LogP contribution is -2.44. The molecule has 1 saturated carbocycles. The van der Waals surface area contributed by atoms with Gasteiger partial charge in [-0.2, -0.15) is 0 Å². The number of hydrogen-bond acceptors (Lipinski definition) is 2. The fourth-order valence-electron chi connectivity index (χ4n) is 3.70. The Morgan fingerprint density at radius 1 is 1.43 bits per heavy atom. The van der Waals surface area contributed by atoms with E-state index in [2.05, 4.69) is 10.6 Å². The lowest BCUT2D eigenvalue weighted by molar-refractivity contribution is -0.128. The summed E-state index contributed by atoms with van der Waals surface area (Å²) in [5.74, 6) is 0.668. The van der Waals surface area contributed by atoms with Crippen molar-refractivity contribution in [2.45, 2.75) is 32.6 Å².